The number of fused-ring (bicyclic) bond motifs is 1. The zero-order chi connectivity index (χ0) is 14.8. The Labute approximate surface area is 136 Å². The van der Waals surface area contributed by atoms with Crippen molar-refractivity contribution in [1.82, 2.24) is 10.4 Å². The molecule has 0 aliphatic heterocycles. The lowest BCUT2D eigenvalue weighted by molar-refractivity contribution is 0.638. The number of halogens is 2. The maximum atomic E-state index is 6.02. The van der Waals surface area contributed by atoms with Crippen molar-refractivity contribution in [3.8, 4) is 0 Å². The van der Waals surface area contributed by atoms with Gasteiger partial charge in [0.15, 0.2) is 0 Å². The fourth-order valence-corrected chi connectivity index (χ4v) is 3.39. The Morgan fingerprint density at radius 1 is 1.14 bits per heavy atom. The van der Waals surface area contributed by atoms with Crippen LogP contribution in [-0.2, 0) is 0 Å². The summed E-state index contributed by atoms with van der Waals surface area (Å²) in [6.07, 6.45) is 3.64. The van der Waals surface area contributed by atoms with E-state index >= 15 is 0 Å². The minimum atomic E-state index is -0.136. The third-order valence-electron chi connectivity index (χ3n) is 3.47. The monoisotopic (exact) mass is 361 g/mol. The van der Waals surface area contributed by atoms with Gasteiger partial charge in [-0.3, -0.25) is 10.8 Å². The number of nitrogens with zero attached hydrogens (tertiary/aromatic N) is 1. The highest BCUT2D eigenvalue weighted by atomic mass is 79.9. The molecule has 0 amide bonds. The molecule has 2 aromatic carbocycles. The quantitative estimate of drug-likeness (QED) is 0.542. The molecule has 0 fully saturated rings. The first-order chi connectivity index (χ1) is 10.2. The largest absolute Gasteiger partial charge is 0.271 e. The molecule has 0 bridgehead atoms. The van der Waals surface area contributed by atoms with Gasteiger partial charge in [0.05, 0.1) is 6.04 Å². The van der Waals surface area contributed by atoms with Crippen LogP contribution in [0, 0.1) is 0 Å². The summed E-state index contributed by atoms with van der Waals surface area (Å²) in [5.74, 6) is 5.82. The molecule has 106 valence electrons. The van der Waals surface area contributed by atoms with E-state index in [1.165, 1.54) is 0 Å². The summed E-state index contributed by atoms with van der Waals surface area (Å²) in [6, 6.07) is 13.7. The lowest BCUT2D eigenvalue weighted by Gasteiger charge is -2.20. The van der Waals surface area contributed by atoms with Crippen molar-refractivity contribution in [1.29, 1.82) is 0 Å². The van der Waals surface area contributed by atoms with Gasteiger partial charge >= 0.3 is 0 Å². The van der Waals surface area contributed by atoms with Crippen LogP contribution in [0.15, 0.2) is 59.3 Å². The third kappa shape index (κ3) is 2.80. The van der Waals surface area contributed by atoms with Crippen LogP contribution in [0.1, 0.15) is 17.2 Å². The molecule has 1 unspecified atom stereocenters. The third-order valence-corrected chi connectivity index (χ3v) is 4.39. The van der Waals surface area contributed by atoms with E-state index in [-0.39, 0.29) is 6.04 Å². The molecule has 3 nitrogen and oxygen atoms in total. The van der Waals surface area contributed by atoms with Gasteiger partial charge in [0, 0.05) is 27.3 Å². The molecule has 0 aliphatic carbocycles. The van der Waals surface area contributed by atoms with Gasteiger partial charge in [0.1, 0.15) is 0 Å². The number of nitrogens with two attached hydrogens (primary N) is 1. The van der Waals surface area contributed by atoms with Crippen LogP contribution < -0.4 is 11.3 Å². The first-order valence-electron chi connectivity index (χ1n) is 6.44. The van der Waals surface area contributed by atoms with E-state index in [2.05, 4.69) is 32.4 Å². The highest BCUT2D eigenvalue weighted by Gasteiger charge is 2.17. The normalized spacial score (nSPS) is 12.5. The first-order valence-corrected chi connectivity index (χ1v) is 7.61. The van der Waals surface area contributed by atoms with Gasteiger partial charge in [-0.25, -0.2) is 5.43 Å². The first kappa shape index (κ1) is 14.5. The fourth-order valence-electron chi connectivity index (χ4n) is 2.48. The molecule has 0 saturated carbocycles. The molecule has 1 atom stereocenters. The SMILES string of the molecule is NNC(c1ccc(Cl)cc1Br)c1cccc2cnccc12. The minimum absolute atomic E-state index is 0.136. The van der Waals surface area contributed by atoms with E-state index < -0.39 is 0 Å². The van der Waals surface area contributed by atoms with E-state index in [0.717, 1.165) is 26.4 Å². The molecule has 0 saturated heterocycles. The number of hydrogen-bond acceptors (Lipinski definition) is 3. The molecule has 5 heteroatoms. The molecular weight excluding hydrogens is 350 g/mol. The second-order valence-corrected chi connectivity index (χ2v) is 6.00. The van der Waals surface area contributed by atoms with Crippen LogP contribution in [0.3, 0.4) is 0 Å². The fraction of sp³-hybridized carbons (Fsp3) is 0.0625. The molecule has 3 aromatic rings. The second kappa shape index (κ2) is 6.12. The number of pyridine rings is 1. The van der Waals surface area contributed by atoms with Gasteiger partial charge in [-0.2, -0.15) is 0 Å². The minimum Gasteiger partial charge on any atom is -0.271 e. The van der Waals surface area contributed by atoms with Crippen molar-refractivity contribution in [2.24, 2.45) is 5.84 Å². The van der Waals surface area contributed by atoms with Crippen LogP contribution in [0.25, 0.3) is 10.8 Å². The smallest absolute Gasteiger partial charge is 0.0727 e. The predicted molar refractivity (Wildman–Crippen MR) is 90.1 cm³/mol. The van der Waals surface area contributed by atoms with Crippen LogP contribution in [0.2, 0.25) is 5.02 Å². The average Bonchev–Trinajstić information content (AvgIpc) is 2.50. The molecule has 1 aromatic heterocycles. The Morgan fingerprint density at radius 2 is 2.00 bits per heavy atom. The number of hydrogen-bond donors (Lipinski definition) is 2. The van der Waals surface area contributed by atoms with Crippen molar-refractivity contribution in [2.45, 2.75) is 6.04 Å². The van der Waals surface area contributed by atoms with Crippen LogP contribution in [0.4, 0.5) is 0 Å². The Kier molecular flexibility index (Phi) is 4.22. The van der Waals surface area contributed by atoms with Crippen molar-refractivity contribution < 1.29 is 0 Å². The summed E-state index contributed by atoms with van der Waals surface area (Å²) < 4.78 is 0.920. The van der Waals surface area contributed by atoms with Gasteiger partial charge in [-0.15, -0.1) is 0 Å². The van der Waals surface area contributed by atoms with Crippen LogP contribution >= 0.6 is 27.5 Å². The van der Waals surface area contributed by atoms with E-state index in [4.69, 9.17) is 17.4 Å². The van der Waals surface area contributed by atoms with Gasteiger partial charge in [0.2, 0.25) is 0 Å². The van der Waals surface area contributed by atoms with E-state index in [0.29, 0.717) is 5.02 Å². The Balaban J connectivity index is 2.18. The van der Waals surface area contributed by atoms with E-state index in [9.17, 15) is 0 Å². The topological polar surface area (TPSA) is 50.9 Å². The Hall–Kier alpha value is -1.46. The zero-order valence-corrected chi connectivity index (χ0v) is 13.4. The Bertz CT molecular complexity index is 786. The highest BCUT2D eigenvalue weighted by Crippen LogP contribution is 2.33. The molecule has 1 heterocycles. The van der Waals surface area contributed by atoms with Gasteiger partial charge < -0.3 is 0 Å². The highest BCUT2D eigenvalue weighted by molar-refractivity contribution is 9.10. The molecular formula is C16H13BrClN3. The number of aromatic nitrogens is 1. The number of hydrazine groups is 1. The zero-order valence-electron chi connectivity index (χ0n) is 11.1. The van der Waals surface area contributed by atoms with Crippen LogP contribution in [-0.4, -0.2) is 4.98 Å². The molecule has 21 heavy (non-hydrogen) atoms. The molecule has 0 radical (unpaired) electrons. The summed E-state index contributed by atoms with van der Waals surface area (Å²) in [5.41, 5.74) is 5.02. The predicted octanol–water partition coefficient (Wildman–Crippen LogP) is 4.20. The summed E-state index contributed by atoms with van der Waals surface area (Å²) in [7, 11) is 0. The average molecular weight is 363 g/mol. The van der Waals surface area contributed by atoms with E-state index in [1.54, 1.807) is 6.20 Å². The number of nitrogens with one attached hydrogen (secondary N) is 1. The van der Waals surface area contributed by atoms with Crippen molar-refractivity contribution in [2.75, 3.05) is 0 Å². The molecule has 3 N–H and O–H groups in total. The summed E-state index contributed by atoms with van der Waals surface area (Å²) in [5, 5.41) is 2.89. The number of rotatable bonds is 3. The second-order valence-electron chi connectivity index (χ2n) is 4.71. The van der Waals surface area contributed by atoms with E-state index in [1.807, 2.05) is 42.6 Å². The van der Waals surface area contributed by atoms with Gasteiger partial charge in [0.25, 0.3) is 0 Å². The van der Waals surface area contributed by atoms with Gasteiger partial charge in [-0.1, -0.05) is 51.8 Å². The molecule has 0 spiro atoms. The summed E-state index contributed by atoms with van der Waals surface area (Å²) >= 11 is 9.57. The van der Waals surface area contributed by atoms with Crippen molar-refractivity contribution in [3.05, 3.63) is 75.5 Å². The summed E-state index contributed by atoms with van der Waals surface area (Å²) in [6.45, 7) is 0. The molecule has 3 rings (SSSR count). The van der Waals surface area contributed by atoms with Crippen LogP contribution in [0.5, 0.6) is 0 Å². The maximum absolute atomic E-state index is 6.02. The standard InChI is InChI=1S/C16H13BrClN3/c17-15-8-11(18)4-5-14(15)16(21-19)13-3-1-2-10-9-20-7-6-12(10)13/h1-9,16,21H,19H2. The maximum Gasteiger partial charge on any atom is 0.0727 e. The lowest BCUT2D eigenvalue weighted by atomic mass is 9.95. The van der Waals surface area contributed by atoms with Crippen molar-refractivity contribution in [3.63, 3.8) is 0 Å². The Morgan fingerprint density at radius 3 is 2.76 bits per heavy atom. The number of benzene rings is 2. The summed E-state index contributed by atoms with van der Waals surface area (Å²) in [4.78, 5) is 4.16. The van der Waals surface area contributed by atoms with Gasteiger partial charge in [-0.05, 0) is 34.7 Å². The lowest BCUT2D eigenvalue weighted by Crippen LogP contribution is -2.29. The molecule has 0 aliphatic rings. The van der Waals surface area contributed by atoms with Crippen molar-refractivity contribution >= 4 is 38.3 Å².